The molecule has 2 rings (SSSR count). The molecule has 16 heavy (non-hydrogen) atoms. The maximum Gasteiger partial charge on any atom is 0.135 e. The molecule has 3 N–H and O–H groups in total. The quantitative estimate of drug-likeness (QED) is 0.877. The van der Waals surface area contributed by atoms with Gasteiger partial charge in [0.15, 0.2) is 0 Å². The summed E-state index contributed by atoms with van der Waals surface area (Å²) in [5.41, 5.74) is 6.48. The molecule has 0 radical (unpaired) electrons. The van der Waals surface area contributed by atoms with Gasteiger partial charge in [-0.25, -0.2) is 9.97 Å². The molecular weight excluding hydrogens is 336 g/mol. The second-order valence-corrected chi connectivity index (χ2v) is 4.85. The van der Waals surface area contributed by atoms with Crippen LogP contribution in [0.5, 0.6) is 0 Å². The first-order valence-electron chi connectivity index (χ1n) is 4.45. The minimum atomic E-state index is 0.436. The van der Waals surface area contributed by atoms with Crippen molar-refractivity contribution >= 4 is 49.2 Å². The molecule has 0 bridgehead atoms. The van der Waals surface area contributed by atoms with Crippen LogP contribution in [0.1, 0.15) is 0 Å². The van der Waals surface area contributed by atoms with Gasteiger partial charge in [-0.05, 0) is 34.1 Å². The van der Waals surface area contributed by atoms with Crippen LogP contribution < -0.4 is 11.1 Å². The third kappa shape index (κ3) is 2.70. The zero-order valence-corrected chi connectivity index (χ0v) is 11.3. The summed E-state index contributed by atoms with van der Waals surface area (Å²) in [6.45, 7) is 0. The number of hydrogen-bond donors (Lipinski definition) is 2. The van der Waals surface area contributed by atoms with Crippen molar-refractivity contribution in [3.8, 4) is 0 Å². The predicted molar refractivity (Wildman–Crippen MR) is 71.6 cm³/mol. The van der Waals surface area contributed by atoms with Crippen molar-refractivity contribution in [3.63, 3.8) is 0 Å². The lowest BCUT2D eigenvalue weighted by molar-refractivity contribution is 1.17. The smallest absolute Gasteiger partial charge is 0.135 e. The number of nitrogens with zero attached hydrogens (tertiary/aromatic N) is 2. The number of nitrogen functional groups attached to an aromatic ring is 1. The number of aromatic nitrogens is 2. The fourth-order valence-corrected chi connectivity index (χ4v) is 2.32. The van der Waals surface area contributed by atoms with Gasteiger partial charge in [-0.1, -0.05) is 15.9 Å². The molecule has 1 aromatic carbocycles. The van der Waals surface area contributed by atoms with Gasteiger partial charge in [-0.2, -0.15) is 0 Å². The second kappa shape index (κ2) is 4.80. The van der Waals surface area contributed by atoms with Gasteiger partial charge in [0.1, 0.15) is 18.0 Å². The first-order chi connectivity index (χ1) is 7.65. The monoisotopic (exact) mass is 342 g/mol. The van der Waals surface area contributed by atoms with E-state index in [2.05, 4.69) is 47.1 Å². The molecule has 1 aromatic heterocycles. The van der Waals surface area contributed by atoms with Crippen LogP contribution >= 0.6 is 31.9 Å². The van der Waals surface area contributed by atoms with Crippen LogP contribution in [0.25, 0.3) is 0 Å². The van der Waals surface area contributed by atoms with Gasteiger partial charge in [0.05, 0.1) is 5.69 Å². The van der Waals surface area contributed by atoms with Crippen molar-refractivity contribution < 1.29 is 0 Å². The molecule has 1 heterocycles. The lowest BCUT2D eigenvalue weighted by atomic mass is 10.3. The van der Waals surface area contributed by atoms with Crippen molar-refractivity contribution in [1.29, 1.82) is 0 Å². The van der Waals surface area contributed by atoms with Crippen LogP contribution in [0, 0.1) is 0 Å². The molecule has 0 aliphatic carbocycles. The third-order valence-corrected chi connectivity index (χ3v) is 3.03. The predicted octanol–water partition coefficient (Wildman–Crippen LogP) is 3.33. The summed E-state index contributed by atoms with van der Waals surface area (Å²) < 4.78 is 1.95. The first-order valence-corrected chi connectivity index (χ1v) is 6.03. The van der Waals surface area contributed by atoms with Gasteiger partial charge in [-0.3, -0.25) is 0 Å². The minimum absolute atomic E-state index is 0.436. The van der Waals surface area contributed by atoms with E-state index in [1.807, 2.05) is 18.2 Å². The highest BCUT2D eigenvalue weighted by Gasteiger charge is 2.02. The lowest BCUT2D eigenvalue weighted by Crippen LogP contribution is -1.97. The normalized spacial score (nSPS) is 10.1. The van der Waals surface area contributed by atoms with Crippen molar-refractivity contribution in [3.05, 3.63) is 39.5 Å². The minimum Gasteiger partial charge on any atom is -0.384 e. The van der Waals surface area contributed by atoms with Crippen LogP contribution in [0.4, 0.5) is 17.3 Å². The molecule has 0 saturated carbocycles. The molecule has 6 heteroatoms. The van der Waals surface area contributed by atoms with E-state index in [1.54, 1.807) is 6.07 Å². The maximum atomic E-state index is 5.56. The largest absolute Gasteiger partial charge is 0.384 e. The summed E-state index contributed by atoms with van der Waals surface area (Å²) in [5, 5.41) is 3.14. The second-order valence-electron chi connectivity index (χ2n) is 3.08. The highest BCUT2D eigenvalue weighted by molar-refractivity contribution is 9.11. The zero-order valence-electron chi connectivity index (χ0n) is 8.11. The molecule has 4 nitrogen and oxygen atoms in total. The molecule has 0 unspecified atom stereocenters. The number of hydrogen-bond acceptors (Lipinski definition) is 4. The highest BCUT2D eigenvalue weighted by atomic mass is 79.9. The van der Waals surface area contributed by atoms with E-state index >= 15 is 0 Å². The van der Waals surface area contributed by atoms with E-state index in [-0.39, 0.29) is 0 Å². The summed E-state index contributed by atoms with van der Waals surface area (Å²) in [6.07, 6.45) is 1.42. The van der Waals surface area contributed by atoms with Crippen LogP contribution in [-0.4, -0.2) is 9.97 Å². The fraction of sp³-hybridized carbons (Fsp3) is 0. The molecular formula is C10H8Br2N4. The van der Waals surface area contributed by atoms with E-state index in [9.17, 15) is 0 Å². The van der Waals surface area contributed by atoms with Gasteiger partial charge >= 0.3 is 0 Å². The Morgan fingerprint density at radius 2 is 1.94 bits per heavy atom. The Bertz CT molecular complexity index is 516. The molecule has 2 aromatic rings. The van der Waals surface area contributed by atoms with Gasteiger partial charge in [0.25, 0.3) is 0 Å². The number of halogens is 2. The van der Waals surface area contributed by atoms with Gasteiger partial charge in [-0.15, -0.1) is 0 Å². The van der Waals surface area contributed by atoms with Crippen molar-refractivity contribution in [2.45, 2.75) is 0 Å². The van der Waals surface area contributed by atoms with E-state index in [1.165, 1.54) is 6.33 Å². The fourth-order valence-electron chi connectivity index (χ4n) is 1.17. The molecule has 0 saturated heterocycles. The number of nitrogens with two attached hydrogens (primary N) is 1. The van der Waals surface area contributed by atoms with Crippen molar-refractivity contribution in [2.75, 3.05) is 11.1 Å². The van der Waals surface area contributed by atoms with E-state index < -0.39 is 0 Å². The Labute approximate surface area is 110 Å². The average molecular weight is 344 g/mol. The topological polar surface area (TPSA) is 63.8 Å². The summed E-state index contributed by atoms with van der Waals surface area (Å²) in [4.78, 5) is 7.89. The number of benzene rings is 1. The molecule has 0 spiro atoms. The molecule has 0 aliphatic heterocycles. The first kappa shape index (κ1) is 11.3. The molecule has 82 valence electrons. The standard InChI is InChI=1S/C10H8Br2N4/c11-6-1-2-8(7(12)3-6)16-10-4-9(13)14-5-15-10/h1-5H,(H3,13,14,15,16). The average Bonchev–Trinajstić information content (AvgIpc) is 2.22. The Balaban J connectivity index is 2.27. The highest BCUT2D eigenvalue weighted by Crippen LogP contribution is 2.28. The third-order valence-electron chi connectivity index (χ3n) is 1.88. The molecule has 0 aliphatic rings. The summed E-state index contributed by atoms with van der Waals surface area (Å²) >= 11 is 6.85. The Morgan fingerprint density at radius 3 is 2.62 bits per heavy atom. The Hall–Kier alpha value is -1.14. The van der Waals surface area contributed by atoms with Gasteiger partial charge < -0.3 is 11.1 Å². The van der Waals surface area contributed by atoms with Crippen LogP contribution in [-0.2, 0) is 0 Å². The summed E-state index contributed by atoms with van der Waals surface area (Å²) in [5.74, 6) is 1.10. The Kier molecular flexibility index (Phi) is 3.40. The SMILES string of the molecule is Nc1cc(Nc2ccc(Br)cc2Br)ncn1. The number of nitrogens with one attached hydrogen (secondary N) is 1. The molecule has 0 fully saturated rings. The van der Waals surface area contributed by atoms with Gasteiger partial charge in [0.2, 0.25) is 0 Å². The van der Waals surface area contributed by atoms with Crippen molar-refractivity contribution in [1.82, 2.24) is 9.97 Å². The molecule has 0 atom stereocenters. The van der Waals surface area contributed by atoms with Crippen LogP contribution in [0.15, 0.2) is 39.5 Å². The number of anilines is 3. The summed E-state index contributed by atoms with van der Waals surface area (Å²) in [7, 11) is 0. The maximum absolute atomic E-state index is 5.56. The van der Waals surface area contributed by atoms with E-state index in [0.29, 0.717) is 11.6 Å². The van der Waals surface area contributed by atoms with Crippen LogP contribution in [0.3, 0.4) is 0 Å². The molecule has 0 amide bonds. The Morgan fingerprint density at radius 1 is 1.12 bits per heavy atom. The van der Waals surface area contributed by atoms with Gasteiger partial charge in [0, 0.05) is 15.0 Å². The van der Waals surface area contributed by atoms with Crippen LogP contribution in [0.2, 0.25) is 0 Å². The lowest BCUT2D eigenvalue weighted by Gasteiger charge is -2.07. The van der Waals surface area contributed by atoms with Crippen molar-refractivity contribution in [2.24, 2.45) is 0 Å². The zero-order chi connectivity index (χ0) is 11.5. The number of rotatable bonds is 2. The summed E-state index contributed by atoms with van der Waals surface area (Å²) in [6, 6.07) is 7.51. The van der Waals surface area contributed by atoms with E-state index in [4.69, 9.17) is 5.73 Å². The van der Waals surface area contributed by atoms with E-state index in [0.717, 1.165) is 14.6 Å².